The highest BCUT2D eigenvalue weighted by atomic mass is 19.4. The number of hydrogen-bond acceptors (Lipinski definition) is 5. The van der Waals surface area contributed by atoms with E-state index >= 15 is 0 Å². The lowest BCUT2D eigenvalue weighted by molar-refractivity contribution is -0.236. The Morgan fingerprint density at radius 2 is 1.44 bits per heavy atom. The van der Waals surface area contributed by atoms with Crippen molar-refractivity contribution < 1.29 is 41.0 Å². The molecule has 0 radical (unpaired) electrons. The summed E-state index contributed by atoms with van der Waals surface area (Å²) in [6.07, 6.45) is -4.66. The highest BCUT2D eigenvalue weighted by Crippen LogP contribution is 2.47. The number of rotatable bonds is 9. The predicted molar refractivity (Wildman–Crippen MR) is 177 cm³/mol. The van der Waals surface area contributed by atoms with Gasteiger partial charge in [0.05, 0.1) is 6.54 Å². The van der Waals surface area contributed by atoms with Gasteiger partial charge < -0.3 is 10.4 Å². The van der Waals surface area contributed by atoms with E-state index in [2.05, 4.69) is 27.3 Å². The van der Waals surface area contributed by atoms with E-state index in [0.717, 1.165) is 51.8 Å². The average Bonchev–Trinajstić information content (AvgIpc) is 3.07. The average molecular weight is 701 g/mol. The quantitative estimate of drug-likeness (QED) is 0.178. The number of fused-ring (bicyclic) bond motifs is 2. The lowest BCUT2D eigenvalue weighted by Gasteiger charge is -2.42. The number of alkyl halides is 6. The summed E-state index contributed by atoms with van der Waals surface area (Å²) in [5, 5.41) is 15.7. The van der Waals surface area contributed by atoms with Crippen molar-refractivity contribution in [1.82, 2.24) is 20.1 Å². The van der Waals surface area contributed by atoms with Gasteiger partial charge in [-0.25, -0.2) is 4.79 Å². The molecule has 0 saturated carbocycles. The zero-order valence-electron chi connectivity index (χ0n) is 27.3. The zero-order chi connectivity index (χ0) is 35.7. The van der Waals surface area contributed by atoms with Crippen molar-refractivity contribution in [2.24, 2.45) is 5.41 Å². The molecule has 6 rings (SSSR count). The Kier molecular flexibility index (Phi) is 10.1. The van der Waals surface area contributed by atoms with Crippen LogP contribution in [0.25, 0.3) is 32.7 Å². The summed E-state index contributed by atoms with van der Waals surface area (Å²) in [5.74, 6) is -3.08. The molecule has 0 aliphatic carbocycles. The fraction of sp³-hybridized carbons (Fsp3) is 0.432. The fourth-order valence-corrected chi connectivity index (χ4v) is 7.47. The van der Waals surface area contributed by atoms with Crippen molar-refractivity contribution in [2.75, 3.05) is 32.7 Å². The van der Waals surface area contributed by atoms with E-state index in [0.29, 0.717) is 10.9 Å². The number of hydrogen-bond donors (Lipinski definition) is 2. The minimum Gasteiger partial charge on any atom is -0.480 e. The van der Waals surface area contributed by atoms with Crippen molar-refractivity contribution in [3.8, 4) is 11.1 Å². The van der Waals surface area contributed by atoms with Gasteiger partial charge in [-0.2, -0.15) is 26.3 Å². The standard InChI is InChI=1S/C37H38F6N4O3/c38-36(39,40)23-47-18-13-35(14-19-47,37(41,42)43)34(50)45-32(33(48)49)20-24-6-4-8-28-26(24)7-5-9-29(28)30-11-10-25(22-46-16-2-1-3-17-46)27-12-15-44-21-31(27)30/h4-12,15,21,32H,1-3,13-14,16-20,22-23H2,(H,45,50)(H,48,49)/t32-/m0/s1. The minimum atomic E-state index is -5.10. The van der Waals surface area contributed by atoms with Crippen molar-refractivity contribution in [1.29, 1.82) is 0 Å². The van der Waals surface area contributed by atoms with Crippen molar-refractivity contribution in [3.05, 3.63) is 78.1 Å². The van der Waals surface area contributed by atoms with Crippen LogP contribution in [0.3, 0.4) is 0 Å². The number of halogens is 6. The molecule has 0 bridgehead atoms. The first-order valence-electron chi connectivity index (χ1n) is 16.7. The van der Waals surface area contributed by atoms with Crippen LogP contribution in [0.2, 0.25) is 0 Å². The Morgan fingerprint density at radius 1 is 0.780 bits per heavy atom. The number of nitrogens with one attached hydrogen (secondary N) is 1. The molecule has 7 nitrogen and oxygen atoms in total. The number of amides is 1. The molecule has 2 fully saturated rings. The van der Waals surface area contributed by atoms with E-state index in [4.69, 9.17) is 0 Å². The molecule has 2 aliphatic heterocycles. The van der Waals surface area contributed by atoms with Gasteiger partial charge in [0.25, 0.3) is 0 Å². The number of likely N-dealkylation sites (tertiary alicyclic amines) is 2. The summed E-state index contributed by atoms with van der Waals surface area (Å²) in [5.41, 5.74) is 0.470. The van der Waals surface area contributed by atoms with Gasteiger partial charge in [-0.15, -0.1) is 0 Å². The molecular formula is C37H38F6N4O3. The maximum Gasteiger partial charge on any atom is 0.403 e. The first-order valence-corrected chi connectivity index (χ1v) is 16.7. The zero-order valence-corrected chi connectivity index (χ0v) is 27.3. The molecule has 0 unspecified atom stereocenters. The molecule has 2 N–H and O–H groups in total. The summed E-state index contributed by atoms with van der Waals surface area (Å²) < 4.78 is 81.8. The summed E-state index contributed by atoms with van der Waals surface area (Å²) in [6, 6.07) is 15.3. The summed E-state index contributed by atoms with van der Waals surface area (Å²) in [6.45, 7) is 0.314. The lowest BCUT2D eigenvalue weighted by Crippen LogP contribution is -2.59. The second-order valence-corrected chi connectivity index (χ2v) is 13.4. The van der Waals surface area contributed by atoms with Crippen LogP contribution in [-0.2, 0) is 22.6 Å². The van der Waals surface area contributed by atoms with Crippen LogP contribution < -0.4 is 5.32 Å². The van der Waals surface area contributed by atoms with Crippen LogP contribution in [-0.4, -0.2) is 82.9 Å². The van der Waals surface area contributed by atoms with Crippen LogP contribution in [0.1, 0.15) is 43.2 Å². The Bertz CT molecular complexity index is 1860. The van der Waals surface area contributed by atoms with E-state index in [-0.39, 0.29) is 6.42 Å². The highest BCUT2D eigenvalue weighted by Gasteiger charge is 2.61. The van der Waals surface area contributed by atoms with Crippen LogP contribution in [0.4, 0.5) is 26.3 Å². The van der Waals surface area contributed by atoms with E-state index < -0.39 is 68.2 Å². The minimum absolute atomic E-state index is 0.312. The van der Waals surface area contributed by atoms with Gasteiger partial charge in [0.1, 0.15) is 11.5 Å². The van der Waals surface area contributed by atoms with E-state index in [1.807, 2.05) is 30.5 Å². The third kappa shape index (κ3) is 7.44. The highest BCUT2D eigenvalue weighted by molar-refractivity contribution is 6.06. The molecule has 3 heterocycles. The monoisotopic (exact) mass is 700 g/mol. The molecule has 2 saturated heterocycles. The van der Waals surface area contributed by atoms with Crippen LogP contribution in [0, 0.1) is 5.41 Å². The number of carboxylic acids is 1. The first kappa shape index (κ1) is 35.6. The summed E-state index contributed by atoms with van der Waals surface area (Å²) in [4.78, 5) is 33.4. The van der Waals surface area contributed by atoms with E-state index in [9.17, 15) is 41.0 Å². The molecule has 1 amide bonds. The number of aliphatic carboxylic acids is 1. The third-order valence-electron chi connectivity index (χ3n) is 10.2. The summed E-state index contributed by atoms with van der Waals surface area (Å²) >= 11 is 0. The smallest absolute Gasteiger partial charge is 0.403 e. The number of carbonyl (C=O) groups excluding carboxylic acids is 1. The van der Waals surface area contributed by atoms with E-state index in [1.165, 1.54) is 24.8 Å². The Hall–Kier alpha value is -4.23. The second-order valence-electron chi connectivity index (χ2n) is 13.4. The molecule has 1 aromatic heterocycles. The maximum atomic E-state index is 14.4. The topological polar surface area (TPSA) is 85.8 Å². The van der Waals surface area contributed by atoms with E-state index in [1.54, 1.807) is 24.4 Å². The Balaban J connectivity index is 1.28. The van der Waals surface area contributed by atoms with Crippen LogP contribution in [0.15, 0.2) is 67.0 Å². The number of piperidine rings is 2. The second kappa shape index (κ2) is 14.2. The molecule has 0 spiro atoms. The number of carboxylic acid groups (broad SMARTS) is 1. The van der Waals surface area contributed by atoms with Gasteiger partial charge in [-0.1, -0.05) is 55.0 Å². The van der Waals surface area contributed by atoms with Crippen molar-refractivity contribution in [3.63, 3.8) is 0 Å². The van der Waals surface area contributed by atoms with Crippen molar-refractivity contribution >= 4 is 33.4 Å². The van der Waals surface area contributed by atoms with Crippen LogP contribution >= 0.6 is 0 Å². The largest absolute Gasteiger partial charge is 0.480 e. The number of benzene rings is 3. The predicted octanol–water partition coefficient (Wildman–Crippen LogP) is 7.36. The number of aromatic nitrogens is 1. The van der Waals surface area contributed by atoms with Gasteiger partial charge in [0.2, 0.25) is 5.91 Å². The molecule has 3 aromatic carbocycles. The molecule has 50 heavy (non-hydrogen) atoms. The molecule has 13 heteroatoms. The molecule has 1 atom stereocenters. The Labute approximate surface area is 285 Å². The molecule has 266 valence electrons. The molecular weight excluding hydrogens is 662 g/mol. The normalized spacial score (nSPS) is 18.3. The summed E-state index contributed by atoms with van der Waals surface area (Å²) in [7, 11) is 0. The molecule has 2 aliphatic rings. The SMILES string of the molecule is O=C(O)[C@H](Cc1cccc2c(-c3ccc(CN4CCCCC4)c4ccncc34)cccc12)NC(=O)C1(C(F)(F)F)CCN(CC(F)(F)F)CC1. The molecule has 4 aromatic rings. The Morgan fingerprint density at radius 3 is 2.12 bits per heavy atom. The van der Waals surface area contributed by atoms with Gasteiger partial charge in [-0.3, -0.25) is 19.6 Å². The fourth-order valence-electron chi connectivity index (χ4n) is 7.47. The van der Waals surface area contributed by atoms with Crippen LogP contribution in [0.5, 0.6) is 0 Å². The van der Waals surface area contributed by atoms with Gasteiger partial charge in [0, 0.05) is 30.7 Å². The van der Waals surface area contributed by atoms with Gasteiger partial charge in [0.15, 0.2) is 0 Å². The third-order valence-corrected chi connectivity index (χ3v) is 10.2. The van der Waals surface area contributed by atoms with Gasteiger partial charge >= 0.3 is 18.3 Å². The van der Waals surface area contributed by atoms with Crippen molar-refractivity contribution in [2.45, 2.75) is 63.5 Å². The maximum absolute atomic E-state index is 14.4. The first-order chi connectivity index (χ1) is 23.8. The number of pyridine rings is 1. The lowest BCUT2D eigenvalue weighted by atomic mass is 9.76. The van der Waals surface area contributed by atoms with Gasteiger partial charge in [-0.05, 0) is 96.3 Å². The number of carbonyl (C=O) groups is 2. The number of nitrogens with zero attached hydrogens (tertiary/aromatic N) is 3.